The van der Waals surface area contributed by atoms with E-state index < -0.39 is 0 Å². The van der Waals surface area contributed by atoms with E-state index in [9.17, 15) is 0 Å². The van der Waals surface area contributed by atoms with Crippen LogP contribution in [0.4, 0.5) is 0 Å². The van der Waals surface area contributed by atoms with Crippen LogP contribution < -0.4 is 0 Å². The van der Waals surface area contributed by atoms with Crippen LogP contribution in [0.1, 0.15) is 37.1 Å². The second-order valence-electron chi connectivity index (χ2n) is 4.58. The van der Waals surface area contributed by atoms with Crippen molar-refractivity contribution in [3.05, 3.63) is 16.8 Å². The Morgan fingerprint density at radius 3 is 2.78 bits per heavy atom. The molecule has 1 unspecified atom stereocenters. The molecule has 5 nitrogen and oxygen atoms in total. The summed E-state index contributed by atoms with van der Waals surface area (Å²) in [6.07, 6.45) is 3.31. The van der Waals surface area contributed by atoms with Gasteiger partial charge in [-0.15, -0.1) is 0 Å². The average Bonchev–Trinajstić information content (AvgIpc) is 2.67. The summed E-state index contributed by atoms with van der Waals surface area (Å²) in [4.78, 5) is 13.1. The highest BCUT2D eigenvalue weighted by atomic mass is 35.5. The number of ether oxygens (including phenoxy) is 1. The molecule has 2 aromatic heterocycles. The maximum Gasteiger partial charge on any atom is 0.167 e. The summed E-state index contributed by atoms with van der Waals surface area (Å²) in [5.41, 5.74) is 1.44. The van der Waals surface area contributed by atoms with E-state index in [1.54, 1.807) is 0 Å². The van der Waals surface area contributed by atoms with Crippen LogP contribution >= 0.6 is 11.6 Å². The van der Waals surface area contributed by atoms with E-state index in [0.29, 0.717) is 16.5 Å². The van der Waals surface area contributed by atoms with Crippen molar-refractivity contribution in [2.24, 2.45) is 0 Å². The smallest absolute Gasteiger partial charge is 0.167 e. The third kappa shape index (κ3) is 1.87. The van der Waals surface area contributed by atoms with E-state index in [0.717, 1.165) is 30.9 Å². The fourth-order valence-corrected chi connectivity index (χ4v) is 2.67. The van der Waals surface area contributed by atoms with Gasteiger partial charge < -0.3 is 4.74 Å². The lowest BCUT2D eigenvalue weighted by atomic mass is 10.2. The maximum atomic E-state index is 6.12. The lowest BCUT2D eigenvalue weighted by molar-refractivity contribution is -0.0309. The SMILES string of the molecule is Cc1nc(Cl)c2nc(C)n(C3CCCCO3)c2n1. The first-order valence-corrected chi connectivity index (χ1v) is 6.55. The second kappa shape index (κ2) is 4.48. The highest BCUT2D eigenvalue weighted by Gasteiger charge is 2.22. The zero-order valence-corrected chi connectivity index (χ0v) is 11.2. The van der Waals surface area contributed by atoms with Gasteiger partial charge in [0.05, 0.1) is 0 Å². The molecule has 0 bridgehead atoms. The van der Waals surface area contributed by atoms with Gasteiger partial charge in [-0.25, -0.2) is 15.0 Å². The lowest BCUT2D eigenvalue weighted by Gasteiger charge is -2.25. The number of hydrogen-bond acceptors (Lipinski definition) is 4. The Morgan fingerprint density at radius 2 is 2.06 bits per heavy atom. The topological polar surface area (TPSA) is 52.8 Å². The van der Waals surface area contributed by atoms with Gasteiger partial charge in [0.25, 0.3) is 0 Å². The van der Waals surface area contributed by atoms with Crippen LogP contribution in [0.25, 0.3) is 11.2 Å². The van der Waals surface area contributed by atoms with Crippen molar-refractivity contribution < 1.29 is 4.74 Å². The number of imidazole rings is 1. The van der Waals surface area contributed by atoms with Gasteiger partial charge in [-0.3, -0.25) is 4.57 Å². The first kappa shape index (κ1) is 11.9. The van der Waals surface area contributed by atoms with E-state index in [1.807, 2.05) is 18.4 Å². The standard InChI is InChI=1S/C12H15ClN4O/c1-7-14-11(13)10-12(15-7)17(8(2)16-10)9-5-3-4-6-18-9/h9H,3-6H2,1-2H3. The minimum absolute atomic E-state index is 0.0223. The van der Waals surface area contributed by atoms with Crippen molar-refractivity contribution in [3.63, 3.8) is 0 Å². The summed E-state index contributed by atoms with van der Waals surface area (Å²) in [6.45, 7) is 4.58. The molecule has 0 aromatic carbocycles. The predicted molar refractivity (Wildman–Crippen MR) is 68.6 cm³/mol. The number of aryl methyl sites for hydroxylation is 2. The van der Waals surface area contributed by atoms with Crippen LogP contribution in [0.2, 0.25) is 5.15 Å². The van der Waals surface area contributed by atoms with Crippen LogP contribution in [0.3, 0.4) is 0 Å². The molecule has 2 aromatic rings. The number of aromatic nitrogens is 4. The molecule has 0 N–H and O–H groups in total. The zero-order valence-electron chi connectivity index (χ0n) is 10.5. The first-order chi connectivity index (χ1) is 8.66. The molecule has 0 spiro atoms. The van der Waals surface area contributed by atoms with E-state index >= 15 is 0 Å². The van der Waals surface area contributed by atoms with Crippen molar-refractivity contribution >= 4 is 22.8 Å². The van der Waals surface area contributed by atoms with Gasteiger partial charge in [0, 0.05) is 6.61 Å². The molecular weight excluding hydrogens is 252 g/mol. The molecule has 6 heteroatoms. The van der Waals surface area contributed by atoms with Gasteiger partial charge in [0.2, 0.25) is 0 Å². The fourth-order valence-electron chi connectivity index (χ4n) is 2.42. The Labute approximate surface area is 110 Å². The van der Waals surface area contributed by atoms with Crippen molar-refractivity contribution in [3.8, 4) is 0 Å². The summed E-state index contributed by atoms with van der Waals surface area (Å²) in [5, 5.41) is 0.412. The van der Waals surface area contributed by atoms with Crippen molar-refractivity contribution in [2.75, 3.05) is 6.61 Å². The largest absolute Gasteiger partial charge is 0.358 e. The van der Waals surface area contributed by atoms with Crippen LogP contribution in [0, 0.1) is 13.8 Å². The molecule has 0 amide bonds. The van der Waals surface area contributed by atoms with Gasteiger partial charge >= 0.3 is 0 Å². The van der Waals surface area contributed by atoms with E-state index in [2.05, 4.69) is 15.0 Å². The quantitative estimate of drug-likeness (QED) is 0.745. The molecule has 1 saturated heterocycles. The van der Waals surface area contributed by atoms with Crippen molar-refractivity contribution in [1.82, 2.24) is 19.5 Å². The van der Waals surface area contributed by atoms with Gasteiger partial charge in [0.1, 0.15) is 23.4 Å². The van der Waals surface area contributed by atoms with Crippen molar-refractivity contribution in [1.29, 1.82) is 0 Å². The number of halogens is 1. The monoisotopic (exact) mass is 266 g/mol. The molecule has 1 atom stereocenters. The molecule has 0 radical (unpaired) electrons. The summed E-state index contributed by atoms with van der Waals surface area (Å²) in [5.74, 6) is 1.53. The van der Waals surface area contributed by atoms with Crippen molar-refractivity contribution in [2.45, 2.75) is 39.3 Å². The van der Waals surface area contributed by atoms with Crippen LogP contribution in [0.15, 0.2) is 0 Å². The summed E-state index contributed by atoms with van der Waals surface area (Å²) in [6, 6.07) is 0. The Hall–Kier alpha value is -1.20. The van der Waals surface area contributed by atoms with Crippen LogP contribution in [-0.4, -0.2) is 26.1 Å². The normalized spacial score (nSPS) is 20.5. The Morgan fingerprint density at radius 1 is 1.22 bits per heavy atom. The first-order valence-electron chi connectivity index (χ1n) is 6.17. The van der Waals surface area contributed by atoms with Gasteiger partial charge in [0.15, 0.2) is 10.8 Å². The molecule has 96 valence electrons. The summed E-state index contributed by atoms with van der Waals surface area (Å²) >= 11 is 6.12. The maximum absolute atomic E-state index is 6.12. The molecule has 3 heterocycles. The van der Waals surface area contributed by atoms with Gasteiger partial charge in [-0.05, 0) is 33.1 Å². The minimum Gasteiger partial charge on any atom is -0.358 e. The number of nitrogens with zero attached hydrogens (tertiary/aromatic N) is 4. The third-order valence-corrected chi connectivity index (χ3v) is 3.49. The lowest BCUT2D eigenvalue weighted by Crippen LogP contribution is -2.19. The second-order valence-corrected chi connectivity index (χ2v) is 4.94. The molecule has 1 fully saturated rings. The Balaban J connectivity index is 2.18. The predicted octanol–water partition coefficient (Wildman–Crippen LogP) is 2.80. The highest BCUT2D eigenvalue weighted by Crippen LogP contribution is 2.29. The molecular formula is C12H15ClN4O. The van der Waals surface area contributed by atoms with Gasteiger partial charge in [-0.2, -0.15) is 0 Å². The summed E-state index contributed by atoms with van der Waals surface area (Å²) in [7, 11) is 0. The van der Waals surface area contributed by atoms with Gasteiger partial charge in [-0.1, -0.05) is 11.6 Å². The number of hydrogen-bond donors (Lipinski definition) is 0. The fraction of sp³-hybridized carbons (Fsp3) is 0.583. The number of rotatable bonds is 1. The number of fused-ring (bicyclic) bond motifs is 1. The van der Waals surface area contributed by atoms with Crippen LogP contribution in [0.5, 0.6) is 0 Å². The van der Waals surface area contributed by atoms with E-state index in [-0.39, 0.29) is 6.23 Å². The van der Waals surface area contributed by atoms with E-state index in [4.69, 9.17) is 16.3 Å². The Bertz CT molecular complexity index is 589. The van der Waals surface area contributed by atoms with Crippen LogP contribution in [-0.2, 0) is 4.74 Å². The Kier molecular flexibility index (Phi) is 2.95. The highest BCUT2D eigenvalue weighted by molar-refractivity contribution is 6.33. The molecule has 1 aliphatic rings. The molecule has 3 rings (SSSR count). The molecule has 0 aliphatic carbocycles. The molecule has 1 aliphatic heterocycles. The summed E-state index contributed by atoms with van der Waals surface area (Å²) < 4.78 is 7.85. The third-order valence-electron chi connectivity index (χ3n) is 3.23. The zero-order chi connectivity index (χ0) is 12.7. The molecule has 0 saturated carbocycles. The molecule has 18 heavy (non-hydrogen) atoms. The van der Waals surface area contributed by atoms with E-state index in [1.165, 1.54) is 6.42 Å². The average molecular weight is 267 g/mol. The minimum atomic E-state index is 0.0223.